The van der Waals surface area contributed by atoms with Crippen molar-refractivity contribution in [1.82, 2.24) is 9.97 Å². The molecule has 0 spiro atoms. The lowest BCUT2D eigenvalue weighted by Gasteiger charge is -2.12. The van der Waals surface area contributed by atoms with Crippen LogP contribution in [-0.2, 0) is 0 Å². The second-order valence-corrected chi connectivity index (χ2v) is 5.09. The number of hydrogen-bond acceptors (Lipinski definition) is 3. The molecule has 1 aromatic carbocycles. The molecule has 1 radical (unpaired) electrons. The second kappa shape index (κ2) is 5.92. The highest BCUT2D eigenvalue weighted by molar-refractivity contribution is 5.77. The van der Waals surface area contributed by atoms with E-state index < -0.39 is 0 Å². The third kappa shape index (κ3) is 2.72. The monoisotopic (exact) mass is 277 g/mol. The van der Waals surface area contributed by atoms with Crippen LogP contribution in [0.5, 0.6) is 0 Å². The number of oxazole rings is 1. The molecule has 0 amide bonds. The van der Waals surface area contributed by atoms with E-state index in [9.17, 15) is 0 Å². The third-order valence-corrected chi connectivity index (χ3v) is 3.69. The van der Waals surface area contributed by atoms with Crippen LogP contribution in [0.3, 0.4) is 0 Å². The average molecular weight is 277 g/mol. The molecule has 2 aromatic heterocycles. The van der Waals surface area contributed by atoms with Gasteiger partial charge in [0.1, 0.15) is 5.69 Å². The van der Waals surface area contributed by atoms with Crippen LogP contribution in [0.2, 0.25) is 0 Å². The smallest absolute Gasteiger partial charge is 0.181 e. The first kappa shape index (κ1) is 13.6. The molecule has 0 fully saturated rings. The van der Waals surface area contributed by atoms with Crippen LogP contribution in [0.25, 0.3) is 22.6 Å². The predicted octanol–water partition coefficient (Wildman–Crippen LogP) is 4.72. The molecule has 0 saturated carbocycles. The molecule has 0 N–H and O–H groups in total. The first-order valence-corrected chi connectivity index (χ1v) is 7.16. The van der Waals surface area contributed by atoms with Crippen molar-refractivity contribution in [3.8, 4) is 22.6 Å². The molecule has 0 saturated heterocycles. The van der Waals surface area contributed by atoms with E-state index in [2.05, 4.69) is 37.0 Å². The molecule has 2 heterocycles. The summed E-state index contributed by atoms with van der Waals surface area (Å²) >= 11 is 0. The van der Waals surface area contributed by atoms with Crippen molar-refractivity contribution < 1.29 is 4.42 Å². The van der Waals surface area contributed by atoms with Gasteiger partial charge in [0.2, 0.25) is 0 Å². The summed E-state index contributed by atoms with van der Waals surface area (Å²) in [5, 5.41) is 0. The van der Waals surface area contributed by atoms with Gasteiger partial charge in [-0.3, -0.25) is 0 Å². The molecule has 0 aliphatic rings. The fraction of sp³-hybridized carbons (Fsp3) is 0.222. The SMILES string of the molecule is CCC(C)c1c[c]c(-c2ccccc2)c(-c2cnco2)n1. The van der Waals surface area contributed by atoms with Gasteiger partial charge in [-0.15, -0.1) is 0 Å². The summed E-state index contributed by atoms with van der Waals surface area (Å²) in [7, 11) is 0. The van der Waals surface area contributed by atoms with Crippen molar-refractivity contribution in [2.24, 2.45) is 0 Å². The average Bonchev–Trinajstić information content (AvgIpc) is 3.09. The summed E-state index contributed by atoms with van der Waals surface area (Å²) in [5.41, 5.74) is 3.85. The van der Waals surface area contributed by atoms with Crippen LogP contribution in [0.15, 0.2) is 53.4 Å². The van der Waals surface area contributed by atoms with Gasteiger partial charge < -0.3 is 4.42 Å². The van der Waals surface area contributed by atoms with E-state index in [1.54, 1.807) is 6.20 Å². The molecular weight excluding hydrogens is 260 g/mol. The Hall–Kier alpha value is -2.42. The van der Waals surface area contributed by atoms with E-state index in [1.165, 1.54) is 6.39 Å². The minimum Gasteiger partial charge on any atom is -0.442 e. The zero-order valence-corrected chi connectivity index (χ0v) is 12.2. The fourth-order valence-electron chi connectivity index (χ4n) is 2.23. The maximum Gasteiger partial charge on any atom is 0.181 e. The van der Waals surface area contributed by atoms with Crippen LogP contribution >= 0.6 is 0 Å². The molecular formula is C18H17N2O. The summed E-state index contributed by atoms with van der Waals surface area (Å²) in [4.78, 5) is 8.80. The van der Waals surface area contributed by atoms with Gasteiger partial charge in [0, 0.05) is 11.3 Å². The van der Waals surface area contributed by atoms with Crippen LogP contribution in [-0.4, -0.2) is 9.97 Å². The summed E-state index contributed by atoms with van der Waals surface area (Å²) in [6.07, 6.45) is 4.17. The lowest BCUT2D eigenvalue weighted by molar-refractivity contribution is 0.569. The Morgan fingerprint density at radius 1 is 1.24 bits per heavy atom. The van der Waals surface area contributed by atoms with Crippen LogP contribution in [0, 0.1) is 6.07 Å². The Bertz CT molecular complexity index is 705. The van der Waals surface area contributed by atoms with Crippen molar-refractivity contribution in [1.29, 1.82) is 0 Å². The van der Waals surface area contributed by atoms with Gasteiger partial charge >= 0.3 is 0 Å². The van der Waals surface area contributed by atoms with Gasteiger partial charge in [-0.25, -0.2) is 9.97 Å². The van der Waals surface area contributed by atoms with Crippen molar-refractivity contribution in [2.45, 2.75) is 26.2 Å². The van der Waals surface area contributed by atoms with Gasteiger partial charge in [0.15, 0.2) is 12.2 Å². The number of pyridine rings is 1. The molecule has 0 aliphatic carbocycles. The number of aromatic nitrogens is 2. The molecule has 3 heteroatoms. The molecule has 3 rings (SSSR count). The van der Waals surface area contributed by atoms with Gasteiger partial charge in [-0.2, -0.15) is 0 Å². The highest BCUT2D eigenvalue weighted by Crippen LogP contribution is 2.31. The number of hydrogen-bond donors (Lipinski definition) is 0. The molecule has 3 aromatic rings. The highest BCUT2D eigenvalue weighted by atomic mass is 16.3. The topological polar surface area (TPSA) is 38.9 Å². The summed E-state index contributed by atoms with van der Waals surface area (Å²) in [5.74, 6) is 1.07. The zero-order valence-electron chi connectivity index (χ0n) is 12.2. The van der Waals surface area contributed by atoms with E-state index in [0.717, 1.165) is 28.9 Å². The minimum absolute atomic E-state index is 0.396. The quantitative estimate of drug-likeness (QED) is 0.692. The summed E-state index contributed by atoms with van der Waals surface area (Å²) in [6, 6.07) is 15.5. The highest BCUT2D eigenvalue weighted by Gasteiger charge is 2.15. The van der Waals surface area contributed by atoms with Crippen LogP contribution in [0.4, 0.5) is 0 Å². The predicted molar refractivity (Wildman–Crippen MR) is 82.7 cm³/mol. The third-order valence-electron chi connectivity index (χ3n) is 3.69. The molecule has 1 atom stereocenters. The van der Waals surface area contributed by atoms with Crippen molar-refractivity contribution in [2.75, 3.05) is 0 Å². The van der Waals surface area contributed by atoms with Crippen LogP contribution in [0.1, 0.15) is 31.9 Å². The minimum atomic E-state index is 0.396. The number of nitrogens with zero attached hydrogens (tertiary/aromatic N) is 2. The van der Waals surface area contributed by atoms with Gasteiger partial charge in [0.05, 0.1) is 6.20 Å². The van der Waals surface area contributed by atoms with Crippen molar-refractivity contribution >= 4 is 0 Å². The lowest BCUT2D eigenvalue weighted by atomic mass is 9.98. The van der Waals surface area contributed by atoms with Crippen molar-refractivity contribution in [3.63, 3.8) is 0 Å². The van der Waals surface area contributed by atoms with Gasteiger partial charge in [0.25, 0.3) is 0 Å². The van der Waals surface area contributed by atoms with E-state index in [0.29, 0.717) is 11.7 Å². The molecule has 21 heavy (non-hydrogen) atoms. The largest absolute Gasteiger partial charge is 0.442 e. The van der Waals surface area contributed by atoms with Crippen LogP contribution < -0.4 is 0 Å². The first-order valence-electron chi connectivity index (χ1n) is 7.16. The van der Waals surface area contributed by atoms with E-state index in [-0.39, 0.29) is 0 Å². The van der Waals surface area contributed by atoms with E-state index in [4.69, 9.17) is 9.40 Å². The maximum atomic E-state index is 5.46. The summed E-state index contributed by atoms with van der Waals surface area (Å²) < 4.78 is 5.46. The maximum absolute atomic E-state index is 5.46. The Morgan fingerprint density at radius 3 is 2.71 bits per heavy atom. The Labute approximate surface area is 124 Å². The van der Waals surface area contributed by atoms with E-state index in [1.807, 2.05) is 24.3 Å². The Morgan fingerprint density at radius 2 is 2.05 bits per heavy atom. The molecule has 1 unspecified atom stereocenters. The number of rotatable bonds is 4. The standard InChI is InChI=1S/C18H17N2O/c1-3-13(2)16-10-9-15(14-7-5-4-6-8-14)18(20-16)17-11-19-12-21-17/h4-8,10-13H,3H2,1-2H3. The first-order chi connectivity index (χ1) is 10.3. The lowest BCUT2D eigenvalue weighted by Crippen LogP contribution is -1.99. The summed E-state index contributed by atoms with van der Waals surface area (Å²) in [6.45, 7) is 4.33. The number of benzene rings is 1. The second-order valence-electron chi connectivity index (χ2n) is 5.09. The molecule has 105 valence electrons. The van der Waals surface area contributed by atoms with Gasteiger partial charge in [-0.05, 0) is 30.0 Å². The van der Waals surface area contributed by atoms with Gasteiger partial charge in [-0.1, -0.05) is 44.2 Å². The normalized spacial score (nSPS) is 12.3. The Balaban J connectivity index is 2.16. The van der Waals surface area contributed by atoms with Crippen molar-refractivity contribution in [3.05, 3.63) is 60.7 Å². The molecule has 3 nitrogen and oxygen atoms in total. The van der Waals surface area contributed by atoms with E-state index >= 15 is 0 Å². The Kier molecular flexibility index (Phi) is 3.82. The molecule has 0 bridgehead atoms. The zero-order chi connectivity index (χ0) is 14.7. The molecule has 0 aliphatic heterocycles. The fourth-order valence-corrected chi connectivity index (χ4v) is 2.23.